The molecule has 3 N–H and O–H groups in total. The molecule has 0 aliphatic carbocycles. The number of carbonyl (C=O) groups is 2. The van der Waals surface area contributed by atoms with Gasteiger partial charge >= 0.3 is 0 Å². The van der Waals surface area contributed by atoms with Crippen LogP contribution in [-0.2, 0) is 6.42 Å². The summed E-state index contributed by atoms with van der Waals surface area (Å²) in [6, 6.07) is 9.45. The second kappa shape index (κ2) is 14.5. The molecule has 0 saturated carbocycles. The first kappa shape index (κ1) is 27.5. The zero-order chi connectivity index (χ0) is 22.6. The molecule has 2 aromatic rings. The van der Waals surface area contributed by atoms with Crippen LogP contribution in [0.2, 0.25) is 0 Å². The van der Waals surface area contributed by atoms with Crippen LogP contribution in [0.15, 0.2) is 46.0 Å². The first-order chi connectivity index (χ1) is 14.9. The van der Waals surface area contributed by atoms with Crippen molar-refractivity contribution in [3.8, 4) is 0 Å². The van der Waals surface area contributed by atoms with Crippen LogP contribution in [0.25, 0.3) is 0 Å². The molecule has 0 aliphatic rings. The molecular formula is C23H34IN5O3. The predicted octanol–water partition coefficient (Wildman–Crippen LogP) is 2.83. The van der Waals surface area contributed by atoms with Gasteiger partial charge in [-0.05, 0) is 50.5 Å². The predicted molar refractivity (Wildman–Crippen MR) is 138 cm³/mol. The summed E-state index contributed by atoms with van der Waals surface area (Å²) >= 11 is 0. The highest BCUT2D eigenvalue weighted by Crippen LogP contribution is 2.08. The van der Waals surface area contributed by atoms with Crippen molar-refractivity contribution >= 4 is 41.8 Å². The summed E-state index contributed by atoms with van der Waals surface area (Å²) in [6.07, 6.45) is 3.01. The lowest BCUT2D eigenvalue weighted by atomic mass is 10.1. The van der Waals surface area contributed by atoms with E-state index < -0.39 is 0 Å². The first-order valence-electron chi connectivity index (χ1n) is 10.6. The molecule has 0 bridgehead atoms. The van der Waals surface area contributed by atoms with Crippen molar-refractivity contribution in [1.82, 2.24) is 20.9 Å². The molecule has 32 heavy (non-hydrogen) atoms. The Morgan fingerprint density at radius 1 is 1.09 bits per heavy atom. The number of carbonyl (C=O) groups excluding carboxylic acids is 2. The van der Waals surface area contributed by atoms with Crippen LogP contribution in [0.1, 0.15) is 45.4 Å². The maximum Gasteiger partial charge on any atom is 0.287 e. The lowest BCUT2D eigenvalue weighted by molar-refractivity contribution is 0.0827. The highest BCUT2D eigenvalue weighted by atomic mass is 127. The SMILES string of the molecule is CCNC(=NCCCNC(=O)c1occc1C)NCCc1cccc(C(=O)N(C)C)c1.I. The molecule has 2 rings (SSSR count). The van der Waals surface area contributed by atoms with Crippen molar-refractivity contribution in [3.05, 3.63) is 59.0 Å². The maximum atomic E-state index is 12.1. The minimum absolute atomic E-state index is 0. The smallest absolute Gasteiger partial charge is 0.287 e. The summed E-state index contributed by atoms with van der Waals surface area (Å²) in [4.78, 5) is 30.3. The molecule has 1 aromatic carbocycles. The molecule has 176 valence electrons. The fourth-order valence-electron chi connectivity index (χ4n) is 2.94. The summed E-state index contributed by atoms with van der Waals surface area (Å²) in [5.74, 6) is 0.886. The quantitative estimate of drug-likeness (QED) is 0.181. The standard InChI is InChI=1S/C23H33N5O3.HI/c1-5-24-23(26-13-7-12-25-21(29)20-17(2)11-15-31-20)27-14-10-18-8-6-9-19(16-18)22(30)28(3)4;/h6,8-9,11,15-16H,5,7,10,12-14H2,1-4H3,(H,25,29)(H2,24,26,27);1H. The minimum atomic E-state index is -0.202. The molecule has 0 fully saturated rings. The van der Waals surface area contributed by atoms with E-state index in [0.29, 0.717) is 31.0 Å². The van der Waals surface area contributed by atoms with Gasteiger partial charge in [-0.25, -0.2) is 0 Å². The molecule has 2 amide bonds. The van der Waals surface area contributed by atoms with Gasteiger partial charge in [0.2, 0.25) is 0 Å². The third kappa shape index (κ3) is 8.89. The highest BCUT2D eigenvalue weighted by Gasteiger charge is 2.11. The van der Waals surface area contributed by atoms with E-state index in [2.05, 4.69) is 20.9 Å². The topological polar surface area (TPSA) is 99.0 Å². The van der Waals surface area contributed by atoms with Gasteiger partial charge in [0.05, 0.1) is 6.26 Å². The average molecular weight is 555 g/mol. The van der Waals surface area contributed by atoms with Gasteiger partial charge in [0.15, 0.2) is 11.7 Å². The van der Waals surface area contributed by atoms with E-state index in [0.717, 1.165) is 36.5 Å². The van der Waals surface area contributed by atoms with Crippen LogP contribution < -0.4 is 16.0 Å². The number of rotatable bonds is 10. The van der Waals surface area contributed by atoms with E-state index in [1.807, 2.05) is 38.1 Å². The first-order valence-corrected chi connectivity index (χ1v) is 10.6. The van der Waals surface area contributed by atoms with E-state index in [9.17, 15) is 9.59 Å². The number of nitrogens with one attached hydrogen (secondary N) is 3. The molecule has 0 atom stereocenters. The molecule has 1 heterocycles. The van der Waals surface area contributed by atoms with E-state index in [-0.39, 0.29) is 35.8 Å². The Kier molecular flexibility index (Phi) is 12.4. The second-order valence-electron chi connectivity index (χ2n) is 7.38. The van der Waals surface area contributed by atoms with Gasteiger partial charge in [-0.2, -0.15) is 0 Å². The molecule has 0 saturated heterocycles. The molecular weight excluding hydrogens is 521 g/mol. The number of aliphatic imine (C=N–C) groups is 1. The molecule has 0 aliphatic heterocycles. The molecule has 0 unspecified atom stereocenters. The average Bonchev–Trinajstić information content (AvgIpc) is 3.19. The van der Waals surface area contributed by atoms with Crippen molar-refractivity contribution in [2.75, 3.05) is 40.3 Å². The summed E-state index contributed by atoms with van der Waals surface area (Å²) < 4.78 is 5.19. The Morgan fingerprint density at radius 3 is 2.53 bits per heavy atom. The lowest BCUT2D eigenvalue weighted by Gasteiger charge is -2.13. The third-order valence-electron chi connectivity index (χ3n) is 4.59. The summed E-state index contributed by atoms with van der Waals surface area (Å²) in [6.45, 7) is 6.41. The van der Waals surface area contributed by atoms with Gasteiger partial charge < -0.3 is 25.3 Å². The normalized spacial score (nSPS) is 10.8. The van der Waals surface area contributed by atoms with Crippen molar-refractivity contribution in [1.29, 1.82) is 0 Å². The number of guanidine groups is 1. The summed E-state index contributed by atoms with van der Waals surface area (Å²) in [7, 11) is 3.50. The third-order valence-corrected chi connectivity index (χ3v) is 4.59. The fraction of sp³-hybridized carbons (Fsp3) is 0.435. The number of nitrogens with zero attached hydrogens (tertiary/aromatic N) is 2. The maximum absolute atomic E-state index is 12.1. The lowest BCUT2D eigenvalue weighted by Crippen LogP contribution is -2.38. The molecule has 8 nitrogen and oxygen atoms in total. The monoisotopic (exact) mass is 555 g/mol. The Labute approximate surface area is 207 Å². The van der Waals surface area contributed by atoms with Crippen molar-refractivity contribution in [3.63, 3.8) is 0 Å². The van der Waals surface area contributed by atoms with Gasteiger partial charge in [0.25, 0.3) is 11.8 Å². The van der Waals surface area contributed by atoms with Crippen LogP contribution in [0.4, 0.5) is 0 Å². The molecule has 1 aromatic heterocycles. The van der Waals surface area contributed by atoms with Gasteiger partial charge in [-0.15, -0.1) is 24.0 Å². The zero-order valence-electron chi connectivity index (χ0n) is 19.2. The zero-order valence-corrected chi connectivity index (χ0v) is 21.6. The molecule has 9 heteroatoms. The Balaban J connectivity index is 0.00000512. The van der Waals surface area contributed by atoms with Crippen LogP contribution >= 0.6 is 24.0 Å². The van der Waals surface area contributed by atoms with Gasteiger partial charge in [0, 0.05) is 51.4 Å². The Morgan fingerprint density at radius 2 is 1.88 bits per heavy atom. The minimum Gasteiger partial charge on any atom is -0.459 e. The van der Waals surface area contributed by atoms with Crippen molar-refractivity contribution < 1.29 is 14.0 Å². The number of benzene rings is 1. The Bertz CT molecular complexity index is 895. The van der Waals surface area contributed by atoms with E-state index in [1.54, 1.807) is 25.1 Å². The van der Waals surface area contributed by atoms with E-state index in [1.165, 1.54) is 6.26 Å². The van der Waals surface area contributed by atoms with Crippen LogP contribution in [-0.4, -0.2) is 62.9 Å². The number of hydrogen-bond donors (Lipinski definition) is 3. The molecule has 0 spiro atoms. The second-order valence-corrected chi connectivity index (χ2v) is 7.38. The van der Waals surface area contributed by atoms with E-state index in [4.69, 9.17) is 4.42 Å². The number of halogens is 1. The fourth-order valence-corrected chi connectivity index (χ4v) is 2.94. The Hall–Kier alpha value is -2.56. The summed E-state index contributed by atoms with van der Waals surface area (Å²) in [5.41, 5.74) is 2.60. The van der Waals surface area contributed by atoms with Crippen LogP contribution in [0, 0.1) is 6.92 Å². The van der Waals surface area contributed by atoms with Crippen LogP contribution in [0.5, 0.6) is 0 Å². The number of furan rings is 1. The number of hydrogen-bond acceptors (Lipinski definition) is 4. The molecule has 0 radical (unpaired) electrons. The van der Waals surface area contributed by atoms with Gasteiger partial charge in [0.1, 0.15) is 0 Å². The van der Waals surface area contributed by atoms with Crippen molar-refractivity contribution in [2.24, 2.45) is 4.99 Å². The number of amides is 2. The number of aryl methyl sites for hydroxylation is 1. The van der Waals surface area contributed by atoms with Crippen molar-refractivity contribution in [2.45, 2.75) is 26.7 Å². The van der Waals surface area contributed by atoms with Gasteiger partial charge in [-0.3, -0.25) is 14.6 Å². The van der Waals surface area contributed by atoms with Crippen LogP contribution in [0.3, 0.4) is 0 Å². The van der Waals surface area contributed by atoms with E-state index >= 15 is 0 Å². The van der Waals surface area contributed by atoms with Gasteiger partial charge in [-0.1, -0.05) is 12.1 Å². The summed E-state index contributed by atoms with van der Waals surface area (Å²) in [5, 5.41) is 9.37. The highest BCUT2D eigenvalue weighted by molar-refractivity contribution is 14.0. The largest absolute Gasteiger partial charge is 0.459 e.